The maximum absolute atomic E-state index is 5.98. The van der Waals surface area contributed by atoms with Crippen molar-refractivity contribution >= 4 is 0 Å². The molecule has 2 heteroatoms. The van der Waals surface area contributed by atoms with Crippen molar-refractivity contribution in [2.24, 2.45) is 5.73 Å². The topological polar surface area (TPSA) is 35.2 Å². The fraction of sp³-hybridized carbons (Fsp3) is 0.250. The Kier molecular flexibility index (Phi) is 3.68. The lowest BCUT2D eigenvalue weighted by molar-refractivity contribution is 0.468. The molecule has 0 unspecified atom stereocenters. The molecule has 0 amide bonds. The van der Waals surface area contributed by atoms with E-state index in [0.29, 0.717) is 0 Å². The van der Waals surface area contributed by atoms with Gasteiger partial charge in [0.1, 0.15) is 11.5 Å². The van der Waals surface area contributed by atoms with Crippen LogP contribution < -0.4 is 10.5 Å². The fourth-order valence-corrected chi connectivity index (χ4v) is 1.98. The summed E-state index contributed by atoms with van der Waals surface area (Å²) in [7, 11) is 0. The average molecular weight is 241 g/mol. The number of rotatable bonds is 3. The fourth-order valence-electron chi connectivity index (χ4n) is 1.98. The number of aryl methyl sites for hydroxylation is 2. The number of hydrogen-bond acceptors (Lipinski definition) is 2. The summed E-state index contributed by atoms with van der Waals surface area (Å²) in [6.45, 7) is 6.09. The molecular weight excluding hydrogens is 222 g/mol. The van der Waals surface area contributed by atoms with Crippen molar-refractivity contribution in [2.45, 2.75) is 26.8 Å². The van der Waals surface area contributed by atoms with Crippen molar-refractivity contribution < 1.29 is 4.74 Å². The normalized spacial score (nSPS) is 12.2. The second kappa shape index (κ2) is 5.23. The summed E-state index contributed by atoms with van der Waals surface area (Å²) in [4.78, 5) is 0. The van der Waals surface area contributed by atoms with E-state index in [-0.39, 0.29) is 6.04 Å². The highest BCUT2D eigenvalue weighted by Gasteiger charge is 2.09. The van der Waals surface area contributed by atoms with Gasteiger partial charge in [-0.15, -0.1) is 0 Å². The molecular formula is C16H19NO. The Morgan fingerprint density at radius 2 is 1.72 bits per heavy atom. The summed E-state index contributed by atoms with van der Waals surface area (Å²) in [5, 5.41) is 0. The van der Waals surface area contributed by atoms with Crippen LogP contribution in [0.4, 0.5) is 0 Å². The van der Waals surface area contributed by atoms with Gasteiger partial charge in [0.15, 0.2) is 0 Å². The third-order valence-electron chi connectivity index (χ3n) is 2.96. The van der Waals surface area contributed by atoms with Crippen LogP contribution in [-0.4, -0.2) is 0 Å². The zero-order chi connectivity index (χ0) is 13.1. The molecule has 2 rings (SSSR count). The highest BCUT2D eigenvalue weighted by Crippen LogP contribution is 2.30. The van der Waals surface area contributed by atoms with Gasteiger partial charge in [0.2, 0.25) is 0 Å². The smallest absolute Gasteiger partial charge is 0.132 e. The van der Waals surface area contributed by atoms with Gasteiger partial charge in [0.05, 0.1) is 0 Å². The maximum Gasteiger partial charge on any atom is 0.132 e. The lowest BCUT2D eigenvalue weighted by Gasteiger charge is -2.15. The predicted octanol–water partition coefficient (Wildman–Crippen LogP) is 4.12. The van der Waals surface area contributed by atoms with Gasteiger partial charge in [-0.25, -0.2) is 0 Å². The van der Waals surface area contributed by atoms with E-state index in [1.165, 1.54) is 5.56 Å². The van der Waals surface area contributed by atoms with E-state index in [2.05, 4.69) is 26.0 Å². The number of para-hydroxylation sites is 1. The molecule has 0 aliphatic heterocycles. The Hall–Kier alpha value is -1.80. The molecule has 0 saturated heterocycles. The molecule has 1 atom stereocenters. The molecule has 0 aliphatic carbocycles. The highest BCUT2D eigenvalue weighted by atomic mass is 16.5. The third kappa shape index (κ3) is 2.71. The van der Waals surface area contributed by atoms with Crippen LogP contribution in [0.2, 0.25) is 0 Å². The van der Waals surface area contributed by atoms with Gasteiger partial charge in [0.25, 0.3) is 0 Å². The van der Waals surface area contributed by atoms with Gasteiger partial charge in [-0.2, -0.15) is 0 Å². The van der Waals surface area contributed by atoms with E-state index in [1.807, 2.05) is 37.3 Å². The number of ether oxygens (including phenoxy) is 1. The minimum atomic E-state index is -0.0352. The predicted molar refractivity (Wildman–Crippen MR) is 75.0 cm³/mol. The number of benzene rings is 2. The summed E-state index contributed by atoms with van der Waals surface area (Å²) < 4.78 is 5.98. The van der Waals surface area contributed by atoms with Crippen LogP contribution in [0.25, 0.3) is 0 Å². The van der Waals surface area contributed by atoms with Crippen LogP contribution >= 0.6 is 0 Å². The first-order valence-corrected chi connectivity index (χ1v) is 6.17. The van der Waals surface area contributed by atoms with Gasteiger partial charge < -0.3 is 10.5 Å². The van der Waals surface area contributed by atoms with E-state index >= 15 is 0 Å². The van der Waals surface area contributed by atoms with Crippen molar-refractivity contribution in [1.29, 1.82) is 0 Å². The lowest BCUT2D eigenvalue weighted by atomic mass is 10.1. The molecule has 18 heavy (non-hydrogen) atoms. The Morgan fingerprint density at radius 1 is 1.00 bits per heavy atom. The molecule has 2 N–H and O–H groups in total. The second-order valence-electron chi connectivity index (χ2n) is 4.70. The Labute approximate surface area is 108 Å². The molecule has 2 aromatic carbocycles. The standard InChI is InChI=1S/C16H19NO/c1-11-8-9-15(12(2)10-11)18-16-7-5-4-6-14(16)13(3)17/h4-10,13H,17H2,1-3H3/t13-/m1/s1. The Morgan fingerprint density at radius 3 is 2.39 bits per heavy atom. The molecule has 0 fully saturated rings. The van der Waals surface area contributed by atoms with Crippen LogP contribution in [0.3, 0.4) is 0 Å². The minimum Gasteiger partial charge on any atom is -0.457 e. The molecule has 2 nitrogen and oxygen atoms in total. The molecule has 0 aromatic heterocycles. The van der Waals surface area contributed by atoms with Gasteiger partial charge in [-0.05, 0) is 38.5 Å². The van der Waals surface area contributed by atoms with Gasteiger partial charge in [-0.1, -0.05) is 35.9 Å². The summed E-state index contributed by atoms with van der Waals surface area (Å²) in [5.41, 5.74) is 9.35. The third-order valence-corrected chi connectivity index (χ3v) is 2.96. The van der Waals surface area contributed by atoms with Crippen molar-refractivity contribution in [2.75, 3.05) is 0 Å². The monoisotopic (exact) mass is 241 g/mol. The SMILES string of the molecule is Cc1ccc(Oc2ccccc2[C@@H](C)N)c(C)c1. The first kappa shape index (κ1) is 12.7. The lowest BCUT2D eigenvalue weighted by Crippen LogP contribution is -2.06. The molecule has 0 radical (unpaired) electrons. The molecule has 0 saturated carbocycles. The minimum absolute atomic E-state index is 0.0352. The van der Waals surface area contributed by atoms with Crippen LogP contribution in [-0.2, 0) is 0 Å². The number of nitrogens with two attached hydrogens (primary N) is 1. The average Bonchev–Trinajstić information content (AvgIpc) is 2.33. The van der Waals surface area contributed by atoms with Crippen molar-refractivity contribution in [3.63, 3.8) is 0 Å². The van der Waals surface area contributed by atoms with E-state index in [9.17, 15) is 0 Å². The summed E-state index contributed by atoms with van der Waals surface area (Å²) in [6, 6.07) is 14.0. The van der Waals surface area contributed by atoms with Crippen molar-refractivity contribution in [3.05, 3.63) is 59.2 Å². The van der Waals surface area contributed by atoms with Crippen molar-refractivity contribution in [1.82, 2.24) is 0 Å². The van der Waals surface area contributed by atoms with E-state index in [4.69, 9.17) is 10.5 Å². The largest absolute Gasteiger partial charge is 0.457 e. The van der Waals surface area contributed by atoms with Crippen LogP contribution in [0, 0.1) is 13.8 Å². The maximum atomic E-state index is 5.98. The molecule has 0 spiro atoms. The van der Waals surface area contributed by atoms with Crippen LogP contribution in [0.1, 0.15) is 29.7 Å². The van der Waals surface area contributed by atoms with Gasteiger partial charge in [0, 0.05) is 11.6 Å². The molecule has 0 bridgehead atoms. The second-order valence-corrected chi connectivity index (χ2v) is 4.70. The summed E-state index contributed by atoms with van der Waals surface area (Å²) in [5.74, 6) is 1.72. The zero-order valence-corrected chi connectivity index (χ0v) is 11.1. The Balaban J connectivity index is 2.34. The van der Waals surface area contributed by atoms with Crippen LogP contribution in [0.5, 0.6) is 11.5 Å². The quantitative estimate of drug-likeness (QED) is 0.877. The molecule has 2 aromatic rings. The van der Waals surface area contributed by atoms with Crippen LogP contribution in [0.15, 0.2) is 42.5 Å². The first-order chi connectivity index (χ1) is 8.58. The zero-order valence-electron chi connectivity index (χ0n) is 11.1. The molecule has 94 valence electrons. The highest BCUT2D eigenvalue weighted by molar-refractivity contribution is 5.43. The summed E-state index contributed by atoms with van der Waals surface area (Å²) in [6.07, 6.45) is 0. The van der Waals surface area contributed by atoms with E-state index in [0.717, 1.165) is 22.6 Å². The van der Waals surface area contributed by atoms with E-state index in [1.54, 1.807) is 0 Å². The molecule has 0 heterocycles. The first-order valence-electron chi connectivity index (χ1n) is 6.17. The van der Waals surface area contributed by atoms with Gasteiger partial charge in [-0.3, -0.25) is 0 Å². The molecule has 0 aliphatic rings. The number of hydrogen-bond donors (Lipinski definition) is 1. The van der Waals surface area contributed by atoms with Gasteiger partial charge >= 0.3 is 0 Å². The van der Waals surface area contributed by atoms with E-state index < -0.39 is 0 Å². The van der Waals surface area contributed by atoms with Crippen molar-refractivity contribution in [3.8, 4) is 11.5 Å². The summed E-state index contributed by atoms with van der Waals surface area (Å²) >= 11 is 0. The Bertz CT molecular complexity index is 547.